The highest BCUT2D eigenvalue weighted by Gasteiger charge is 2.39. The van der Waals surface area contributed by atoms with Crippen molar-refractivity contribution in [3.8, 4) is 0 Å². The summed E-state index contributed by atoms with van der Waals surface area (Å²) in [6.45, 7) is 2.08. The van der Waals surface area contributed by atoms with Crippen molar-refractivity contribution in [3.05, 3.63) is 47.1 Å². The maximum Gasteiger partial charge on any atom is 0.246 e. The summed E-state index contributed by atoms with van der Waals surface area (Å²) in [4.78, 5) is 4.43. The molecule has 1 aliphatic rings. The molecular weight excluding hydrogens is 226 g/mol. The van der Waals surface area contributed by atoms with E-state index in [-0.39, 0.29) is 5.54 Å². The van der Waals surface area contributed by atoms with Crippen LogP contribution >= 0.6 is 0 Å². The standard InChI is InChI=1S/C14H17N3O/c1-10-4-2-5-11(8-10)9-12-16-13(18-17-12)14(15)6-3-7-14/h2,4-5,8H,3,6-7,9,15H2,1H3. The van der Waals surface area contributed by atoms with Crippen LogP contribution in [0.5, 0.6) is 0 Å². The van der Waals surface area contributed by atoms with Crippen molar-refractivity contribution in [3.63, 3.8) is 0 Å². The van der Waals surface area contributed by atoms with E-state index >= 15 is 0 Å². The first-order valence-electron chi connectivity index (χ1n) is 6.33. The molecular formula is C14H17N3O. The lowest BCUT2D eigenvalue weighted by molar-refractivity contribution is 0.181. The Labute approximate surface area is 106 Å². The number of rotatable bonds is 3. The summed E-state index contributed by atoms with van der Waals surface area (Å²) in [6.07, 6.45) is 3.73. The van der Waals surface area contributed by atoms with Crippen LogP contribution in [-0.2, 0) is 12.0 Å². The van der Waals surface area contributed by atoms with Crippen molar-refractivity contribution in [1.82, 2.24) is 10.1 Å². The molecule has 1 saturated carbocycles. The van der Waals surface area contributed by atoms with E-state index in [1.807, 2.05) is 6.07 Å². The van der Waals surface area contributed by atoms with E-state index in [9.17, 15) is 0 Å². The fourth-order valence-corrected chi connectivity index (χ4v) is 2.30. The SMILES string of the molecule is Cc1cccc(Cc2noc(C3(N)CCC3)n2)c1. The Morgan fingerprint density at radius 2 is 2.22 bits per heavy atom. The van der Waals surface area contributed by atoms with Crippen molar-refractivity contribution in [2.24, 2.45) is 5.73 Å². The molecule has 2 N–H and O–H groups in total. The van der Waals surface area contributed by atoms with Gasteiger partial charge < -0.3 is 10.3 Å². The summed E-state index contributed by atoms with van der Waals surface area (Å²) in [5.41, 5.74) is 8.23. The molecule has 0 amide bonds. The average Bonchev–Trinajstić information content (AvgIpc) is 2.75. The quantitative estimate of drug-likeness (QED) is 0.898. The Bertz CT molecular complexity index is 558. The van der Waals surface area contributed by atoms with Crippen molar-refractivity contribution in [2.45, 2.75) is 38.1 Å². The minimum absolute atomic E-state index is 0.363. The highest BCUT2D eigenvalue weighted by molar-refractivity contribution is 5.24. The van der Waals surface area contributed by atoms with Gasteiger partial charge in [0.25, 0.3) is 0 Å². The summed E-state index contributed by atoms with van der Waals surface area (Å²) in [7, 11) is 0. The maximum atomic E-state index is 6.16. The molecule has 0 aliphatic heterocycles. The average molecular weight is 243 g/mol. The molecule has 1 aliphatic carbocycles. The third-order valence-corrected chi connectivity index (χ3v) is 3.58. The zero-order valence-electron chi connectivity index (χ0n) is 10.5. The summed E-state index contributed by atoms with van der Waals surface area (Å²) < 4.78 is 5.29. The van der Waals surface area contributed by atoms with Crippen LogP contribution in [0.15, 0.2) is 28.8 Å². The van der Waals surface area contributed by atoms with E-state index in [2.05, 4.69) is 35.3 Å². The van der Waals surface area contributed by atoms with Crippen LogP contribution in [0.3, 0.4) is 0 Å². The zero-order valence-corrected chi connectivity index (χ0v) is 10.5. The Hall–Kier alpha value is -1.68. The van der Waals surface area contributed by atoms with Crippen LogP contribution in [0, 0.1) is 6.92 Å². The molecule has 1 aromatic heterocycles. The molecule has 0 atom stereocenters. The third-order valence-electron chi connectivity index (χ3n) is 3.58. The molecule has 94 valence electrons. The first kappa shape index (κ1) is 11.4. The number of hydrogen-bond donors (Lipinski definition) is 1. The van der Waals surface area contributed by atoms with Crippen molar-refractivity contribution in [2.75, 3.05) is 0 Å². The summed E-state index contributed by atoms with van der Waals surface area (Å²) in [5, 5.41) is 4.02. The predicted octanol–water partition coefficient (Wildman–Crippen LogP) is 2.31. The second kappa shape index (κ2) is 4.21. The minimum atomic E-state index is -0.363. The number of hydrogen-bond acceptors (Lipinski definition) is 4. The number of aryl methyl sites for hydroxylation is 1. The molecule has 1 aromatic carbocycles. The first-order valence-corrected chi connectivity index (χ1v) is 6.33. The molecule has 0 bridgehead atoms. The molecule has 1 heterocycles. The first-order chi connectivity index (χ1) is 8.66. The minimum Gasteiger partial charge on any atom is -0.337 e. The zero-order chi connectivity index (χ0) is 12.6. The van der Waals surface area contributed by atoms with Gasteiger partial charge in [0.05, 0.1) is 5.54 Å². The Morgan fingerprint density at radius 1 is 1.39 bits per heavy atom. The molecule has 0 spiro atoms. The van der Waals surface area contributed by atoms with E-state index in [0.717, 1.165) is 19.3 Å². The maximum absolute atomic E-state index is 6.16. The molecule has 0 saturated heterocycles. The van der Waals surface area contributed by atoms with Gasteiger partial charge in [-0.3, -0.25) is 0 Å². The predicted molar refractivity (Wildman–Crippen MR) is 68.0 cm³/mol. The van der Waals surface area contributed by atoms with Crippen molar-refractivity contribution in [1.29, 1.82) is 0 Å². The van der Waals surface area contributed by atoms with Crippen molar-refractivity contribution < 1.29 is 4.52 Å². The van der Waals surface area contributed by atoms with Crippen LogP contribution in [0.1, 0.15) is 42.1 Å². The van der Waals surface area contributed by atoms with E-state index in [4.69, 9.17) is 10.3 Å². The van der Waals surface area contributed by atoms with Crippen LogP contribution in [0.25, 0.3) is 0 Å². The highest BCUT2D eigenvalue weighted by Crippen LogP contribution is 2.37. The molecule has 3 rings (SSSR count). The lowest BCUT2D eigenvalue weighted by Gasteiger charge is -2.33. The normalized spacial score (nSPS) is 17.4. The van der Waals surface area contributed by atoms with E-state index in [0.29, 0.717) is 18.1 Å². The lowest BCUT2D eigenvalue weighted by Crippen LogP contribution is -2.43. The van der Waals surface area contributed by atoms with Crippen LogP contribution in [0.2, 0.25) is 0 Å². The summed E-state index contributed by atoms with van der Waals surface area (Å²) in [6, 6.07) is 8.33. The van der Waals surface area contributed by atoms with Gasteiger partial charge in [-0.1, -0.05) is 35.0 Å². The van der Waals surface area contributed by atoms with Crippen LogP contribution in [0.4, 0.5) is 0 Å². The summed E-state index contributed by atoms with van der Waals surface area (Å²) in [5.74, 6) is 1.31. The monoisotopic (exact) mass is 243 g/mol. The van der Waals surface area contributed by atoms with Gasteiger partial charge in [0, 0.05) is 6.42 Å². The molecule has 2 aromatic rings. The number of nitrogens with zero attached hydrogens (tertiary/aromatic N) is 2. The largest absolute Gasteiger partial charge is 0.337 e. The van der Waals surface area contributed by atoms with E-state index in [1.165, 1.54) is 11.1 Å². The number of nitrogens with two attached hydrogens (primary N) is 1. The topological polar surface area (TPSA) is 64.9 Å². The van der Waals surface area contributed by atoms with Crippen LogP contribution < -0.4 is 5.73 Å². The second-order valence-corrected chi connectivity index (χ2v) is 5.19. The van der Waals surface area contributed by atoms with Crippen molar-refractivity contribution >= 4 is 0 Å². The Morgan fingerprint density at radius 3 is 2.89 bits per heavy atom. The van der Waals surface area contributed by atoms with Gasteiger partial charge in [-0.15, -0.1) is 0 Å². The van der Waals surface area contributed by atoms with Gasteiger partial charge in [-0.2, -0.15) is 4.98 Å². The molecule has 0 radical (unpaired) electrons. The van der Waals surface area contributed by atoms with E-state index < -0.39 is 0 Å². The van der Waals surface area contributed by atoms with Gasteiger partial charge in [-0.25, -0.2) is 0 Å². The fourth-order valence-electron chi connectivity index (χ4n) is 2.30. The number of benzene rings is 1. The smallest absolute Gasteiger partial charge is 0.246 e. The number of aromatic nitrogens is 2. The van der Waals surface area contributed by atoms with Gasteiger partial charge in [0.1, 0.15) is 0 Å². The van der Waals surface area contributed by atoms with Gasteiger partial charge >= 0.3 is 0 Å². The Balaban J connectivity index is 1.78. The molecule has 18 heavy (non-hydrogen) atoms. The second-order valence-electron chi connectivity index (χ2n) is 5.19. The molecule has 1 fully saturated rings. The highest BCUT2D eigenvalue weighted by atomic mass is 16.5. The third kappa shape index (κ3) is 2.04. The lowest BCUT2D eigenvalue weighted by atomic mass is 9.78. The van der Waals surface area contributed by atoms with Gasteiger partial charge in [-0.05, 0) is 31.7 Å². The van der Waals surface area contributed by atoms with Gasteiger partial charge in [0.2, 0.25) is 5.89 Å². The summed E-state index contributed by atoms with van der Waals surface area (Å²) >= 11 is 0. The fraction of sp³-hybridized carbons (Fsp3) is 0.429. The molecule has 4 heteroatoms. The van der Waals surface area contributed by atoms with Gasteiger partial charge in [0.15, 0.2) is 5.82 Å². The molecule has 0 unspecified atom stereocenters. The Kier molecular flexibility index (Phi) is 2.67. The van der Waals surface area contributed by atoms with E-state index in [1.54, 1.807) is 0 Å². The molecule has 4 nitrogen and oxygen atoms in total. The van der Waals surface area contributed by atoms with Crippen LogP contribution in [-0.4, -0.2) is 10.1 Å².